The van der Waals surface area contributed by atoms with Crippen LogP contribution in [0.3, 0.4) is 0 Å². The zero-order chi connectivity index (χ0) is 14.2. The molecule has 2 heterocycles. The topological polar surface area (TPSA) is 68.0 Å². The zero-order valence-corrected chi connectivity index (χ0v) is 10.6. The molecule has 19 heavy (non-hydrogen) atoms. The number of hydrogen-bond acceptors (Lipinski definition) is 3. The molecule has 0 saturated carbocycles. The highest BCUT2D eigenvalue weighted by molar-refractivity contribution is 9.10. The van der Waals surface area contributed by atoms with E-state index < -0.39 is 23.5 Å². The molecule has 2 aromatic heterocycles. The van der Waals surface area contributed by atoms with E-state index in [9.17, 15) is 18.0 Å². The van der Waals surface area contributed by atoms with Crippen molar-refractivity contribution in [2.75, 3.05) is 0 Å². The fourth-order valence-corrected chi connectivity index (χ4v) is 1.73. The Morgan fingerprint density at radius 3 is 2.58 bits per heavy atom. The van der Waals surface area contributed by atoms with E-state index in [1.807, 2.05) is 0 Å². The number of nitrogens with zero attached hydrogens (tertiary/aromatic N) is 3. The van der Waals surface area contributed by atoms with Crippen LogP contribution in [0.1, 0.15) is 16.1 Å². The number of imidazole rings is 1. The highest BCUT2D eigenvalue weighted by Crippen LogP contribution is 2.34. The molecule has 0 fully saturated rings. The highest BCUT2D eigenvalue weighted by atomic mass is 79.9. The van der Waals surface area contributed by atoms with Crippen LogP contribution in [0.15, 0.2) is 29.3 Å². The van der Waals surface area contributed by atoms with Crippen LogP contribution in [0.2, 0.25) is 0 Å². The quantitative estimate of drug-likeness (QED) is 0.916. The van der Waals surface area contributed by atoms with E-state index >= 15 is 0 Å². The van der Waals surface area contributed by atoms with E-state index in [1.165, 1.54) is 6.20 Å². The average molecular weight is 336 g/mol. The van der Waals surface area contributed by atoms with Gasteiger partial charge in [-0.25, -0.2) is 14.8 Å². The van der Waals surface area contributed by atoms with Crippen molar-refractivity contribution in [2.45, 2.75) is 6.18 Å². The largest absolute Gasteiger partial charge is 0.476 e. The summed E-state index contributed by atoms with van der Waals surface area (Å²) >= 11 is 2.91. The summed E-state index contributed by atoms with van der Waals surface area (Å²) in [5.74, 6) is -1.76. The van der Waals surface area contributed by atoms with Crippen molar-refractivity contribution in [3.63, 3.8) is 0 Å². The monoisotopic (exact) mass is 335 g/mol. The Bertz CT molecular complexity index is 639. The number of alkyl halides is 3. The van der Waals surface area contributed by atoms with E-state index in [0.717, 1.165) is 23.2 Å². The number of hydrogen-bond donors (Lipinski definition) is 1. The molecule has 0 unspecified atom stereocenters. The van der Waals surface area contributed by atoms with Gasteiger partial charge in [0.25, 0.3) is 0 Å². The Morgan fingerprint density at radius 1 is 1.37 bits per heavy atom. The van der Waals surface area contributed by atoms with Gasteiger partial charge in [-0.3, -0.25) is 4.57 Å². The van der Waals surface area contributed by atoms with Gasteiger partial charge < -0.3 is 5.11 Å². The summed E-state index contributed by atoms with van der Waals surface area (Å²) in [6.45, 7) is 0. The summed E-state index contributed by atoms with van der Waals surface area (Å²) in [5.41, 5.74) is -1.35. The molecule has 0 aromatic carbocycles. The van der Waals surface area contributed by atoms with E-state index in [4.69, 9.17) is 5.11 Å². The van der Waals surface area contributed by atoms with Gasteiger partial charge in [0, 0.05) is 16.9 Å². The van der Waals surface area contributed by atoms with Gasteiger partial charge in [-0.2, -0.15) is 13.2 Å². The van der Waals surface area contributed by atoms with Crippen LogP contribution in [0, 0.1) is 0 Å². The molecule has 0 atom stereocenters. The maximum absolute atomic E-state index is 12.9. The number of carbonyl (C=O) groups is 1. The third kappa shape index (κ3) is 2.75. The van der Waals surface area contributed by atoms with E-state index in [2.05, 4.69) is 25.9 Å². The SMILES string of the molecule is O=C(O)c1cn(-c2ncc(Br)cc2C(F)(F)F)cn1. The lowest BCUT2D eigenvalue weighted by molar-refractivity contribution is -0.137. The van der Waals surface area contributed by atoms with Crippen molar-refractivity contribution in [3.8, 4) is 5.82 Å². The lowest BCUT2D eigenvalue weighted by atomic mass is 10.2. The van der Waals surface area contributed by atoms with Crippen LogP contribution in [-0.4, -0.2) is 25.6 Å². The third-order valence-corrected chi connectivity index (χ3v) is 2.62. The predicted octanol–water partition coefficient (Wildman–Crippen LogP) is 2.75. The molecule has 0 spiro atoms. The minimum Gasteiger partial charge on any atom is -0.476 e. The Kier molecular flexibility index (Phi) is 3.31. The van der Waals surface area contributed by atoms with Gasteiger partial charge >= 0.3 is 12.1 Å². The number of halogens is 4. The molecule has 0 aliphatic carbocycles. The van der Waals surface area contributed by atoms with Crippen molar-refractivity contribution in [1.82, 2.24) is 14.5 Å². The maximum atomic E-state index is 12.9. The Hall–Kier alpha value is -1.90. The molecule has 2 aromatic rings. The number of carboxylic acids is 1. The van der Waals surface area contributed by atoms with Crippen LogP contribution < -0.4 is 0 Å². The molecule has 0 bridgehead atoms. The van der Waals surface area contributed by atoms with E-state index in [-0.39, 0.29) is 10.2 Å². The summed E-state index contributed by atoms with van der Waals surface area (Å²) < 4.78 is 39.7. The Morgan fingerprint density at radius 2 is 2.05 bits per heavy atom. The molecular weight excluding hydrogens is 331 g/mol. The number of aromatic nitrogens is 3. The summed E-state index contributed by atoms with van der Waals surface area (Å²) in [4.78, 5) is 17.8. The second kappa shape index (κ2) is 4.65. The second-order valence-corrected chi connectivity index (χ2v) is 4.41. The Balaban J connectivity index is 2.58. The van der Waals surface area contributed by atoms with Crippen molar-refractivity contribution < 1.29 is 23.1 Å². The molecule has 0 amide bonds. The molecular formula is C10H5BrF3N3O2. The van der Waals surface area contributed by atoms with Crippen LogP contribution in [-0.2, 0) is 6.18 Å². The highest BCUT2D eigenvalue weighted by Gasteiger charge is 2.35. The molecule has 100 valence electrons. The number of aromatic carboxylic acids is 1. The lowest BCUT2D eigenvalue weighted by Gasteiger charge is -2.12. The minimum absolute atomic E-state index is 0.169. The molecule has 0 aliphatic heterocycles. The van der Waals surface area contributed by atoms with Gasteiger partial charge in [-0.1, -0.05) is 0 Å². The molecule has 9 heteroatoms. The van der Waals surface area contributed by atoms with Gasteiger partial charge in [-0.05, 0) is 22.0 Å². The standard InChI is InChI=1S/C10H5BrF3N3O2/c11-5-1-6(10(12,13)14)8(15-2-5)17-3-7(9(18)19)16-4-17/h1-4H,(H,18,19). The fraction of sp³-hybridized carbons (Fsp3) is 0.100. The normalized spacial score (nSPS) is 11.6. The van der Waals surface area contributed by atoms with E-state index in [0.29, 0.717) is 0 Å². The number of rotatable bonds is 2. The summed E-state index contributed by atoms with van der Waals surface area (Å²) in [6.07, 6.45) is -1.49. The molecule has 1 N–H and O–H groups in total. The van der Waals surface area contributed by atoms with Crippen molar-refractivity contribution in [2.24, 2.45) is 0 Å². The van der Waals surface area contributed by atoms with Crippen molar-refractivity contribution in [3.05, 3.63) is 40.5 Å². The first-order chi connectivity index (χ1) is 8.79. The predicted molar refractivity (Wildman–Crippen MR) is 61.0 cm³/mol. The molecule has 2 rings (SSSR count). The second-order valence-electron chi connectivity index (χ2n) is 3.49. The summed E-state index contributed by atoms with van der Waals surface area (Å²) in [7, 11) is 0. The molecule has 0 aliphatic rings. The van der Waals surface area contributed by atoms with Crippen LogP contribution in [0.5, 0.6) is 0 Å². The summed E-state index contributed by atoms with van der Waals surface area (Å²) in [5, 5.41) is 8.69. The van der Waals surface area contributed by atoms with Crippen LogP contribution >= 0.6 is 15.9 Å². The van der Waals surface area contributed by atoms with Gasteiger partial charge in [0.1, 0.15) is 12.1 Å². The van der Waals surface area contributed by atoms with Crippen molar-refractivity contribution >= 4 is 21.9 Å². The first-order valence-corrected chi connectivity index (χ1v) is 5.58. The number of pyridine rings is 1. The van der Waals surface area contributed by atoms with Gasteiger partial charge in [-0.15, -0.1) is 0 Å². The van der Waals surface area contributed by atoms with Crippen LogP contribution in [0.4, 0.5) is 13.2 Å². The zero-order valence-electron chi connectivity index (χ0n) is 9.02. The smallest absolute Gasteiger partial charge is 0.420 e. The van der Waals surface area contributed by atoms with Crippen LogP contribution in [0.25, 0.3) is 5.82 Å². The van der Waals surface area contributed by atoms with Crippen molar-refractivity contribution in [1.29, 1.82) is 0 Å². The fourth-order valence-electron chi connectivity index (χ4n) is 1.40. The first kappa shape index (κ1) is 13.5. The third-order valence-electron chi connectivity index (χ3n) is 2.18. The lowest BCUT2D eigenvalue weighted by Crippen LogP contribution is -2.12. The molecule has 5 nitrogen and oxygen atoms in total. The van der Waals surface area contributed by atoms with Gasteiger partial charge in [0.15, 0.2) is 5.69 Å². The average Bonchev–Trinajstić information content (AvgIpc) is 2.77. The van der Waals surface area contributed by atoms with E-state index in [1.54, 1.807) is 0 Å². The Labute approximate surface area is 112 Å². The molecule has 0 saturated heterocycles. The van der Waals surface area contributed by atoms with Gasteiger partial charge in [0.2, 0.25) is 0 Å². The maximum Gasteiger partial charge on any atom is 0.420 e. The first-order valence-electron chi connectivity index (χ1n) is 4.79. The minimum atomic E-state index is -4.61. The summed E-state index contributed by atoms with van der Waals surface area (Å²) in [6, 6.07) is 0.864. The number of carboxylic acid groups (broad SMARTS) is 1. The molecule has 0 radical (unpaired) electrons. The van der Waals surface area contributed by atoms with Gasteiger partial charge in [0.05, 0.1) is 5.56 Å².